The molecule has 0 radical (unpaired) electrons. The molecule has 2 aromatic heterocycles. The highest BCUT2D eigenvalue weighted by Crippen LogP contribution is 2.37. The van der Waals surface area contributed by atoms with Crippen molar-refractivity contribution in [2.24, 2.45) is 0 Å². The molecule has 0 amide bonds. The van der Waals surface area contributed by atoms with Crippen LogP contribution in [0.25, 0.3) is 22.5 Å². The van der Waals surface area contributed by atoms with Crippen LogP contribution in [0.4, 0.5) is 5.82 Å². The molecular formula is C15H16N4O. The summed E-state index contributed by atoms with van der Waals surface area (Å²) in [5, 5.41) is 10.8. The fraction of sp³-hybridized carbons (Fsp3) is 0.200. The Labute approximate surface area is 116 Å². The molecular weight excluding hydrogens is 252 g/mol. The molecule has 3 aromatic rings. The lowest BCUT2D eigenvalue weighted by atomic mass is 9.98. The van der Waals surface area contributed by atoms with E-state index in [0.29, 0.717) is 11.6 Å². The first-order valence-corrected chi connectivity index (χ1v) is 6.41. The van der Waals surface area contributed by atoms with Crippen molar-refractivity contribution in [1.29, 1.82) is 0 Å². The second-order valence-electron chi connectivity index (χ2n) is 4.98. The third-order valence-corrected chi connectivity index (χ3v) is 3.59. The van der Waals surface area contributed by atoms with Crippen molar-refractivity contribution >= 4 is 5.82 Å². The van der Waals surface area contributed by atoms with Crippen LogP contribution >= 0.6 is 0 Å². The number of nitrogens with one attached hydrogen (secondary N) is 1. The minimum atomic E-state index is 0.392. The van der Waals surface area contributed by atoms with Crippen molar-refractivity contribution < 1.29 is 4.52 Å². The quantitative estimate of drug-likeness (QED) is 0.747. The minimum absolute atomic E-state index is 0.392. The summed E-state index contributed by atoms with van der Waals surface area (Å²) in [4.78, 5) is 0. The molecule has 3 rings (SSSR count). The Balaban J connectivity index is 2.21. The second kappa shape index (κ2) is 4.52. The van der Waals surface area contributed by atoms with Gasteiger partial charge in [-0.25, -0.2) is 0 Å². The molecule has 5 nitrogen and oxygen atoms in total. The molecule has 3 N–H and O–H groups in total. The molecule has 0 aliphatic carbocycles. The number of nitrogens with zero attached hydrogens (tertiary/aromatic N) is 2. The highest BCUT2D eigenvalue weighted by Gasteiger charge is 2.20. The third kappa shape index (κ3) is 1.87. The van der Waals surface area contributed by atoms with Gasteiger partial charge in [0.05, 0.1) is 17.3 Å². The molecule has 0 atom stereocenters. The van der Waals surface area contributed by atoms with Crippen LogP contribution in [0.5, 0.6) is 0 Å². The summed E-state index contributed by atoms with van der Waals surface area (Å²) in [6.45, 7) is 6.09. The van der Waals surface area contributed by atoms with E-state index in [4.69, 9.17) is 10.3 Å². The zero-order valence-corrected chi connectivity index (χ0v) is 11.7. The molecule has 102 valence electrons. The standard InChI is InChI=1S/C15H16N4O/c1-8-4-5-11(6-9(8)2)13-14(20-19-15(13)16)12-7-17-18-10(12)3/h4-7H,1-3H3,(H2,16,19)(H,17,18). The highest BCUT2D eigenvalue weighted by atomic mass is 16.5. The number of anilines is 1. The molecule has 0 spiro atoms. The number of nitrogens with two attached hydrogens (primary N) is 1. The number of benzene rings is 1. The molecule has 0 fully saturated rings. The van der Waals surface area contributed by atoms with Crippen molar-refractivity contribution in [1.82, 2.24) is 15.4 Å². The predicted octanol–water partition coefficient (Wildman–Crippen LogP) is 3.24. The van der Waals surface area contributed by atoms with Crippen LogP contribution in [-0.4, -0.2) is 15.4 Å². The molecule has 0 aliphatic heterocycles. The topological polar surface area (TPSA) is 80.7 Å². The van der Waals surface area contributed by atoms with Crippen molar-refractivity contribution in [2.45, 2.75) is 20.8 Å². The molecule has 0 unspecified atom stereocenters. The Hall–Kier alpha value is -2.56. The molecule has 0 aliphatic rings. The summed E-state index contributed by atoms with van der Waals surface area (Å²) in [5.74, 6) is 1.04. The first-order valence-electron chi connectivity index (χ1n) is 6.41. The lowest BCUT2D eigenvalue weighted by Crippen LogP contribution is -1.90. The van der Waals surface area contributed by atoms with Crippen molar-refractivity contribution in [3.05, 3.63) is 41.2 Å². The van der Waals surface area contributed by atoms with Gasteiger partial charge < -0.3 is 10.3 Å². The van der Waals surface area contributed by atoms with Gasteiger partial charge in [0, 0.05) is 5.69 Å². The smallest absolute Gasteiger partial charge is 0.180 e. The van der Waals surface area contributed by atoms with Crippen LogP contribution in [0, 0.1) is 20.8 Å². The van der Waals surface area contributed by atoms with Crippen molar-refractivity contribution in [3.8, 4) is 22.5 Å². The zero-order valence-electron chi connectivity index (χ0n) is 11.7. The van der Waals surface area contributed by atoms with Gasteiger partial charge in [-0.15, -0.1) is 0 Å². The Morgan fingerprint density at radius 1 is 1.15 bits per heavy atom. The van der Waals surface area contributed by atoms with Crippen molar-refractivity contribution in [2.75, 3.05) is 5.73 Å². The van der Waals surface area contributed by atoms with Gasteiger partial charge in [-0.2, -0.15) is 5.10 Å². The van der Waals surface area contributed by atoms with Crippen LogP contribution in [0.15, 0.2) is 28.9 Å². The SMILES string of the molecule is Cc1ccc(-c2c(N)noc2-c2cn[nH]c2C)cc1C. The first-order chi connectivity index (χ1) is 9.58. The van der Waals surface area contributed by atoms with Crippen LogP contribution in [-0.2, 0) is 0 Å². The summed E-state index contributed by atoms with van der Waals surface area (Å²) in [7, 11) is 0. The van der Waals surface area contributed by atoms with Crippen LogP contribution in [0.3, 0.4) is 0 Å². The Bertz CT molecular complexity index is 770. The van der Waals surface area contributed by atoms with Gasteiger partial charge in [0.15, 0.2) is 11.6 Å². The van der Waals surface area contributed by atoms with Gasteiger partial charge in [0.2, 0.25) is 0 Å². The normalized spacial score (nSPS) is 10.9. The number of aromatic amines is 1. The Morgan fingerprint density at radius 3 is 2.60 bits per heavy atom. The summed E-state index contributed by atoms with van der Waals surface area (Å²) >= 11 is 0. The predicted molar refractivity (Wildman–Crippen MR) is 78.1 cm³/mol. The van der Waals surface area contributed by atoms with Gasteiger partial charge >= 0.3 is 0 Å². The van der Waals surface area contributed by atoms with E-state index in [1.807, 2.05) is 13.0 Å². The van der Waals surface area contributed by atoms with E-state index >= 15 is 0 Å². The molecule has 0 bridgehead atoms. The number of aromatic nitrogens is 3. The Kier molecular flexibility index (Phi) is 2.82. The molecule has 1 aromatic carbocycles. The maximum atomic E-state index is 5.98. The first kappa shape index (κ1) is 12.5. The fourth-order valence-electron chi connectivity index (χ4n) is 2.24. The molecule has 0 saturated carbocycles. The highest BCUT2D eigenvalue weighted by molar-refractivity contribution is 5.87. The molecule has 2 heterocycles. The maximum absolute atomic E-state index is 5.98. The monoisotopic (exact) mass is 268 g/mol. The average molecular weight is 268 g/mol. The van der Waals surface area contributed by atoms with E-state index in [-0.39, 0.29) is 0 Å². The van der Waals surface area contributed by atoms with Gasteiger partial charge in [-0.1, -0.05) is 23.4 Å². The Morgan fingerprint density at radius 2 is 1.95 bits per heavy atom. The van der Waals surface area contributed by atoms with E-state index in [0.717, 1.165) is 22.4 Å². The minimum Gasteiger partial charge on any atom is -0.380 e. The summed E-state index contributed by atoms with van der Waals surface area (Å²) in [5.41, 5.74) is 12.0. The van der Waals surface area contributed by atoms with Crippen LogP contribution < -0.4 is 5.73 Å². The number of hydrogen-bond acceptors (Lipinski definition) is 4. The van der Waals surface area contributed by atoms with Gasteiger partial charge in [0.25, 0.3) is 0 Å². The average Bonchev–Trinajstić information content (AvgIpc) is 2.99. The van der Waals surface area contributed by atoms with E-state index in [1.165, 1.54) is 11.1 Å². The number of rotatable bonds is 2. The van der Waals surface area contributed by atoms with Crippen LogP contribution in [0.2, 0.25) is 0 Å². The number of H-pyrrole nitrogens is 1. The molecule has 5 heteroatoms. The van der Waals surface area contributed by atoms with Gasteiger partial charge in [0.1, 0.15) is 0 Å². The van der Waals surface area contributed by atoms with Gasteiger partial charge in [-0.05, 0) is 37.5 Å². The van der Waals surface area contributed by atoms with E-state index < -0.39 is 0 Å². The lowest BCUT2D eigenvalue weighted by Gasteiger charge is -2.05. The molecule has 20 heavy (non-hydrogen) atoms. The van der Waals surface area contributed by atoms with E-state index in [1.54, 1.807) is 6.20 Å². The zero-order chi connectivity index (χ0) is 14.3. The summed E-state index contributed by atoms with van der Waals surface area (Å²) in [6.07, 6.45) is 1.72. The summed E-state index contributed by atoms with van der Waals surface area (Å²) in [6, 6.07) is 6.20. The van der Waals surface area contributed by atoms with E-state index in [2.05, 4.69) is 41.3 Å². The number of nitrogen functional groups attached to an aromatic ring is 1. The fourth-order valence-corrected chi connectivity index (χ4v) is 2.24. The maximum Gasteiger partial charge on any atom is 0.180 e. The molecule has 0 saturated heterocycles. The second-order valence-corrected chi connectivity index (χ2v) is 4.98. The summed E-state index contributed by atoms with van der Waals surface area (Å²) < 4.78 is 5.41. The third-order valence-electron chi connectivity index (χ3n) is 3.59. The number of hydrogen-bond donors (Lipinski definition) is 2. The van der Waals surface area contributed by atoms with Crippen molar-refractivity contribution in [3.63, 3.8) is 0 Å². The van der Waals surface area contributed by atoms with Crippen LogP contribution in [0.1, 0.15) is 16.8 Å². The lowest BCUT2D eigenvalue weighted by molar-refractivity contribution is 0.436. The van der Waals surface area contributed by atoms with E-state index in [9.17, 15) is 0 Å². The largest absolute Gasteiger partial charge is 0.380 e. The number of aryl methyl sites for hydroxylation is 3. The van der Waals surface area contributed by atoms with Gasteiger partial charge in [-0.3, -0.25) is 5.10 Å².